The van der Waals surface area contributed by atoms with Gasteiger partial charge in [-0.15, -0.1) is 11.3 Å². The van der Waals surface area contributed by atoms with E-state index < -0.39 is 63.6 Å². The summed E-state index contributed by atoms with van der Waals surface area (Å²) >= 11 is 7.86. The number of hydrogen-bond donors (Lipinski definition) is 1. The van der Waals surface area contributed by atoms with Crippen molar-refractivity contribution in [3.63, 3.8) is 0 Å². The van der Waals surface area contributed by atoms with Crippen LogP contribution in [0.3, 0.4) is 0 Å². The highest BCUT2D eigenvalue weighted by Gasteiger charge is 2.68. The Kier molecular flexibility index (Phi) is 8.72. The number of halogens is 1. The number of aliphatic hydroxyl groups excluding tert-OH is 1. The molecule has 0 bridgehead atoms. The molecule has 4 heterocycles. The highest BCUT2D eigenvalue weighted by atomic mass is 35.5. The zero-order valence-corrected chi connectivity index (χ0v) is 32.6. The fourth-order valence-electron chi connectivity index (χ4n) is 9.78. The van der Waals surface area contributed by atoms with Gasteiger partial charge in [-0.05, 0) is 80.0 Å². The van der Waals surface area contributed by atoms with E-state index >= 15 is 4.79 Å². The molecule has 15 heteroatoms. The second-order valence-corrected chi connectivity index (χ2v) is 16.8. The summed E-state index contributed by atoms with van der Waals surface area (Å²) in [5.41, 5.74) is 1.69. The van der Waals surface area contributed by atoms with E-state index in [1.807, 2.05) is 43.3 Å². The molecule has 0 spiro atoms. The molecule has 1 saturated carbocycles. The lowest BCUT2D eigenvalue weighted by Crippen LogP contribution is -2.49. The number of aryl methyl sites for hydroxylation is 2. The maximum Gasteiger partial charge on any atom is 0.269 e. The molecule has 2 aliphatic carbocycles. The van der Waals surface area contributed by atoms with Gasteiger partial charge in [0, 0.05) is 46.5 Å². The molecule has 0 radical (unpaired) electrons. The number of nitrogens with zero attached hydrogens (tertiary/aromatic N) is 5. The summed E-state index contributed by atoms with van der Waals surface area (Å²) in [5, 5.41) is 27.4. The summed E-state index contributed by atoms with van der Waals surface area (Å²) in [6.07, 6.45) is 2.30. The van der Waals surface area contributed by atoms with Crippen molar-refractivity contribution >= 4 is 73.8 Å². The van der Waals surface area contributed by atoms with Crippen LogP contribution < -0.4 is 14.5 Å². The number of ether oxygens (including phenoxy) is 1. The summed E-state index contributed by atoms with van der Waals surface area (Å²) < 4.78 is 8.61. The van der Waals surface area contributed by atoms with E-state index in [-0.39, 0.29) is 37.4 Å². The largest absolute Gasteiger partial charge is 0.491 e. The van der Waals surface area contributed by atoms with Gasteiger partial charge < -0.3 is 9.84 Å². The molecule has 6 atom stereocenters. The highest BCUT2D eigenvalue weighted by Crippen LogP contribution is 2.64. The Balaban J connectivity index is 1.15. The third-order valence-corrected chi connectivity index (χ3v) is 13.9. The summed E-state index contributed by atoms with van der Waals surface area (Å²) in [6.45, 7) is 3.54. The zero-order chi connectivity index (χ0) is 40.1. The molecule has 2 aromatic heterocycles. The van der Waals surface area contributed by atoms with Gasteiger partial charge in [-0.3, -0.25) is 38.9 Å². The molecule has 57 heavy (non-hydrogen) atoms. The molecule has 0 unspecified atom stereocenters. The van der Waals surface area contributed by atoms with Gasteiger partial charge in [0.15, 0.2) is 0 Å². The first-order valence-electron chi connectivity index (χ1n) is 18.6. The first-order chi connectivity index (χ1) is 27.3. The predicted octanol–water partition coefficient (Wildman–Crippen LogP) is 6.98. The fraction of sp³-hybridized carbons (Fsp3) is 0.310. The van der Waals surface area contributed by atoms with Gasteiger partial charge in [-0.25, -0.2) is 4.90 Å². The minimum Gasteiger partial charge on any atom is -0.491 e. The van der Waals surface area contributed by atoms with Gasteiger partial charge in [0.1, 0.15) is 23.9 Å². The van der Waals surface area contributed by atoms with Crippen LogP contribution in [-0.2, 0) is 26.2 Å². The number of para-hydroxylation sites is 1. The minimum absolute atomic E-state index is 0.00557. The average molecular weight is 806 g/mol. The van der Waals surface area contributed by atoms with Crippen molar-refractivity contribution in [3.8, 4) is 16.3 Å². The van der Waals surface area contributed by atoms with Crippen LogP contribution in [0, 0.1) is 46.1 Å². The normalized spacial score (nSPS) is 25.5. The van der Waals surface area contributed by atoms with Crippen molar-refractivity contribution in [3.05, 3.63) is 111 Å². The molecular weight excluding hydrogens is 770 g/mol. The smallest absolute Gasteiger partial charge is 0.269 e. The Morgan fingerprint density at radius 3 is 2.49 bits per heavy atom. The van der Waals surface area contributed by atoms with Crippen LogP contribution in [0.2, 0.25) is 5.02 Å². The first-order valence-corrected chi connectivity index (χ1v) is 19.8. The molecule has 13 nitrogen and oxygen atoms in total. The Bertz CT molecular complexity index is 2600. The van der Waals surface area contributed by atoms with Crippen molar-refractivity contribution in [1.29, 1.82) is 0 Å². The molecule has 3 fully saturated rings. The molecule has 2 aliphatic heterocycles. The van der Waals surface area contributed by atoms with Crippen molar-refractivity contribution in [2.45, 2.75) is 32.6 Å². The number of hydrogen-bond acceptors (Lipinski definition) is 10. The SMILES string of the molecule is Cc1c(-c2cc(N3C(=O)[C@@H]4C[C@@H]5C(=CC[C@@H]6C(=O)N(c7ccc([N+](=O)[O-])cc7)C(=O)[C@@H]65)[C@H](c5ccccc5OCCO)[C@]4(C)C3=O)n(C)n2)sc2ccc(Cl)cc12. The third kappa shape index (κ3) is 5.41. The number of fused-ring (bicyclic) bond motifs is 5. The Morgan fingerprint density at radius 2 is 1.75 bits per heavy atom. The lowest BCUT2D eigenvalue weighted by molar-refractivity contribution is -0.384. The van der Waals surface area contributed by atoms with Crippen molar-refractivity contribution in [2.75, 3.05) is 23.0 Å². The second kappa shape index (κ2) is 13.5. The van der Waals surface area contributed by atoms with Crippen LogP contribution in [0.15, 0.2) is 84.4 Å². The summed E-state index contributed by atoms with van der Waals surface area (Å²) in [5.74, 6) is -4.77. The summed E-state index contributed by atoms with van der Waals surface area (Å²) in [7, 11) is 1.70. The average Bonchev–Trinajstić information content (AvgIpc) is 3.87. The van der Waals surface area contributed by atoms with E-state index in [0.717, 1.165) is 31.0 Å². The zero-order valence-electron chi connectivity index (χ0n) is 31.0. The summed E-state index contributed by atoms with van der Waals surface area (Å²) in [6, 6.07) is 20.0. The fourth-order valence-corrected chi connectivity index (χ4v) is 11.1. The molecule has 1 N–H and O–H groups in total. The van der Waals surface area contributed by atoms with Crippen LogP contribution in [0.5, 0.6) is 5.75 Å². The molecule has 2 saturated heterocycles. The maximum absolute atomic E-state index is 15.2. The number of anilines is 2. The van der Waals surface area contributed by atoms with Gasteiger partial charge in [0.25, 0.3) is 5.69 Å². The number of amides is 4. The van der Waals surface area contributed by atoms with Gasteiger partial charge in [-0.1, -0.05) is 41.4 Å². The molecular formula is C42H36ClN5O8S. The second-order valence-electron chi connectivity index (χ2n) is 15.3. The standard InChI is InChI=1S/C42H36ClN5O8S/c1-21-28-18-22(43)8-15-33(28)57-37(21)31-20-34(45(3)44-31)47-39(51)30-19-29-25(36(42(30,2)41(47)53)26-6-4-5-7-32(26)56-17-16-49)13-14-27-35(29)40(52)46(38(27)50)23-9-11-24(12-10-23)48(54)55/h4-13,15,18,20,27,29-30,35-36,49H,14,16-17,19H2,1-3H3/t27-,29+,30-,35-,36+,42+/m0/s1. The van der Waals surface area contributed by atoms with Gasteiger partial charge in [0.2, 0.25) is 23.6 Å². The van der Waals surface area contributed by atoms with Crippen LogP contribution in [-0.4, -0.2) is 56.7 Å². The first kappa shape index (κ1) is 36.9. The number of rotatable bonds is 8. The number of aliphatic hydroxyl groups is 1. The van der Waals surface area contributed by atoms with Crippen LogP contribution in [0.25, 0.3) is 20.7 Å². The molecule has 5 aromatic rings. The number of nitro benzene ring substituents is 1. The van der Waals surface area contributed by atoms with Crippen molar-refractivity contribution in [2.24, 2.45) is 36.1 Å². The van der Waals surface area contributed by atoms with Crippen LogP contribution in [0.1, 0.15) is 36.8 Å². The third-order valence-electron chi connectivity index (χ3n) is 12.4. The number of non-ortho nitro benzene ring substituents is 1. The Morgan fingerprint density at radius 1 is 1.00 bits per heavy atom. The van der Waals surface area contributed by atoms with E-state index in [0.29, 0.717) is 27.8 Å². The maximum atomic E-state index is 15.2. The number of imide groups is 2. The molecule has 9 rings (SSSR count). The lowest BCUT2D eigenvalue weighted by atomic mass is 9.51. The molecule has 290 valence electrons. The Hall–Kier alpha value is -5.70. The number of carbonyl (C=O) groups excluding carboxylic acids is 4. The number of nitro groups is 1. The molecule has 4 amide bonds. The monoisotopic (exact) mass is 805 g/mol. The van der Waals surface area contributed by atoms with E-state index in [2.05, 4.69) is 0 Å². The van der Waals surface area contributed by atoms with Crippen molar-refractivity contribution < 1.29 is 33.9 Å². The molecule has 4 aliphatic rings. The number of allylic oxidation sites excluding steroid dienone is 2. The predicted molar refractivity (Wildman–Crippen MR) is 213 cm³/mol. The van der Waals surface area contributed by atoms with Gasteiger partial charge in [0.05, 0.1) is 45.3 Å². The topological polar surface area (TPSA) is 165 Å². The van der Waals surface area contributed by atoms with E-state index in [1.165, 1.54) is 29.2 Å². The Labute approximate surface area is 335 Å². The minimum atomic E-state index is -1.34. The van der Waals surface area contributed by atoms with Gasteiger partial charge >= 0.3 is 0 Å². The van der Waals surface area contributed by atoms with Crippen LogP contribution >= 0.6 is 22.9 Å². The van der Waals surface area contributed by atoms with Crippen LogP contribution in [0.4, 0.5) is 17.2 Å². The lowest BCUT2D eigenvalue weighted by Gasteiger charge is -2.49. The van der Waals surface area contributed by atoms with Crippen molar-refractivity contribution in [1.82, 2.24) is 9.78 Å². The number of carbonyl (C=O) groups is 4. The van der Waals surface area contributed by atoms with E-state index in [9.17, 15) is 29.6 Å². The van der Waals surface area contributed by atoms with E-state index in [1.54, 1.807) is 48.2 Å². The summed E-state index contributed by atoms with van der Waals surface area (Å²) in [4.78, 5) is 72.7. The number of thiophene rings is 1. The van der Waals surface area contributed by atoms with Gasteiger partial charge in [-0.2, -0.15) is 5.10 Å². The highest BCUT2D eigenvalue weighted by molar-refractivity contribution is 7.22. The van der Waals surface area contributed by atoms with E-state index in [4.69, 9.17) is 21.4 Å². The molecule has 3 aromatic carbocycles. The number of aromatic nitrogens is 2. The number of benzene rings is 3. The quantitative estimate of drug-likeness (QED) is 0.0754.